The second-order valence-electron chi connectivity index (χ2n) is 5.97. The fourth-order valence-electron chi connectivity index (χ4n) is 2.45. The smallest absolute Gasteiger partial charge is 0.256 e. The lowest BCUT2D eigenvalue weighted by Crippen LogP contribution is -2.19. The third-order valence-corrected chi connectivity index (χ3v) is 5.87. The van der Waals surface area contributed by atoms with Crippen molar-refractivity contribution in [1.82, 2.24) is 14.2 Å². The summed E-state index contributed by atoms with van der Waals surface area (Å²) in [5.74, 6) is 0.233. The fourth-order valence-corrected chi connectivity index (χ4v) is 3.69. The van der Waals surface area contributed by atoms with Gasteiger partial charge in [-0.3, -0.25) is 0 Å². The van der Waals surface area contributed by atoms with Crippen molar-refractivity contribution in [1.29, 1.82) is 0 Å². The monoisotopic (exact) mass is 439 g/mol. The number of anilines is 2. The molecule has 28 heavy (non-hydrogen) atoms. The molecule has 0 aliphatic carbocycles. The van der Waals surface area contributed by atoms with E-state index in [2.05, 4.69) is 20.7 Å². The first-order valence-electron chi connectivity index (χ1n) is 8.54. The third kappa shape index (κ3) is 5.15. The maximum Gasteiger partial charge on any atom is 0.256 e. The van der Waals surface area contributed by atoms with E-state index in [1.54, 1.807) is 25.1 Å². The van der Waals surface area contributed by atoms with Gasteiger partial charge in [0.25, 0.3) is 10.0 Å². The second kappa shape index (κ2) is 8.81. The predicted molar refractivity (Wildman–Crippen MR) is 112 cm³/mol. The van der Waals surface area contributed by atoms with Gasteiger partial charge in [-0.05, 0) is 42.3 Å². The van der Waals surface area contributed by atoms with Gasteiger partial charge in [0.05, 0.1) is 5.75 Å². The molecule has 0 spiro atoms. The molecule has 148 valence electrons. The van der Waals surface area contributed by atoms with Crippen LogP contribution in [0, 0.1) is 0 Å². The molecule has 0 radical (unpaired) electrons. The van der Waals surface area contributed by atoms with Gasteiger partial charge in [-0.25, -0.2) is 8.42 Å². The summed E-state index contributed by atoms with van der Waals surface area (Å²) in [7, 11) is -3.62. The summed E-state index contributed by atoms with van der Waals surface area (Å²) in [5, 5.41) is 11.4. The molecule has 0 aliphatic rings. The van der Waals surface area contributed by atoms with E-state index in [4.69, 9.17) is 23.2 Å². The molecule has 0 saturated heterocycles. The van der Waals surface area contributed by atoms with E-state index in [9.17, 15) is 8.42 Å². The molecule has 3 rings (SSSR count). The summed E-state index contributed by atoms with van der Waals surface area (Å²) in [6.07, 6.45) is 0. The highest BCUT2D eigenvalue weighted by atomic mass is 35.5. The highest BCUT2D eigenvalue weighted by Crippen LogP contribution is 2.17. The van der Waals surface area contributed by atoms with Crippen molar-refractivity contribution in [3.05, 3.63) is 69.7 Å². The highest BCUT2D eigenvalue weighted by Gasteiger charge is 2.20. The fraction of sp³-hybridized carbons (Fsp3) is 0.222. The first kappa shape index (κ1) is 20.4. The van der Waals surface area contributed by atoms with E-state index in [0.29, 0.717) is 23.1 Å². The van der Waals surface area contributed by atoms with Gasteiger partial charge in [-0.2, -0.15) is 4.98 Å². The predicted octanol–water partition coefficient (Wildman–Crippen LogP) is 4.01. The second-order valence-corrected chi connectivity index (χ2v) is 8.93. The summed E-state index contributed by atoms with van der Waals surface area (Å²) >= 11 is 12.0. The molecule has 3 aromatic rings. The van der Waals surface area contributed by atoms with Crippen LogP contribution in [-0.4, -0.2) is 28.3 Å². The Hall–Kier alpha value is -2.29. The minimum atomic E-state index is -3.62. The Morgan fingerprint density at radius 1 is 0.964 bits per heavy atom. The standard InChI is InChI=1S/C18H19Cl2N5O2S/c1-2-28(26,27)25-18(22-12-14-6-4-8-16(20)10-14)23-17(24-25)21-11-13-5-3-7-15(19)9-13/h3-10H,2,11-12H2,1H3,(H2,21,22,23,24). The van der Waals surface area contributed by atoms with Gasteiger partial charge in [-0.1, -0.05) is 47.5 Å². The number of benzene rings is 2. The van der Waals surface area contributed by atoms with Crippen molar-refractivity contribution in [3.63, 3.8) is 0 Å². The van der Waals surface area contributed by atoms with Gasteiger partial charge in [0, 0.05) is 23.1 Å². The Morgan fingerprint density at radius 2 is 1.54 bits per heavy atom. The molecule has 10 heteroatoms. The number of aromatic nitrogens is 3. The van der Waals surface area contributed by atoms with Crippen molar-refractivity contribution in [3.8, 4) is 0 Å². The minimum Gasteiger partial charge on any atom is -0.349 e. The Balaban J connectivity index is 1.79. The maximum atomic E-state index is 12.4. The van der Waals surface area contributed by atoms with Crippen LogP contribution in [0.2, 0.25) is 10.0 Å². The Bertz CT molecular complexity index is 1070. The summed E-state index contributed by atoms with van der Waals surface area (Å²) in [6.45, 7) is 2.31. The molecule has 0 fully saturated rings. The zero-order valence-corrected chi connectivity index (χ0v) is 17.4. The van der Waals surface area contributed by atoms with Gasteiger partial charge in [0.1, 0.15) is 0 Å². The van der Waals surface area contributed by atoms with Crippen molar-refractivity contribution >= 4 is 45.1 Å². The molecule has 7 nitrogen and oxygen atoms in total. The molecule has 0 unspecified atom stereocenters. The molecule has 0 saturated carbocycles. The number of nitrogens with one attached hydrogen (secondary N) is 2. The van der Waals surface area contributed by atoms with Crippen LogP contribution in [0.1, 0.15) is 18.1 Å². The molecule has 1 aromatic heterocycles. The summed E-state index contributed by atoms with van der Waals surface area (Å²) in [4.78, 5) is 4.28. The number of hydrogen-bond acceptors (Lipinski definition) is 6. The number of hydrogen-bond donors (Lipinski definition) is 2. The van der Waals surface area contributed by atoms with Crippen LogP contribution >= 0.6 is 23.2 Å². The minimum absolute atomic E-state index is 0.101. The topological polar surface area (TPSA) is 88.9 Å². The quantitative estimate of drug-likeness (QED) is 0.550. The normalized spacial score (nSPS) is 11.4. The van der Waals surface area contributed by atoms with Gasteiger partial charge in [0.2, 0.25) is 11.9 Å². The van der Waals surface area contributed by atoms with Crippen molar-refractivity contribution < 1.29 is 8.42 Å². The van der Waals surface area contributed by atoms with E-state index in [-0.39, 0.29) is 17.6 Å². The van der Waals surface area contributed by atoms with Crippen molar-refractivity contribution in [2.45, 2.75) is 20.0 Å². The molecular weight excluding hydrogens is 421 g/mol. The number of halogens is 2. The third-order valence-electron chi connectivity index (χ3n) is 3.89. The van der Waals surface area contributed by atoms with E-state index in [0.717, 1.165) is 15.2 Å². The first-order valence-corrected chi connectivity index (χ1v) is 10.9. The van der Waals surface area contributed by atoms with E-state index in [1.165, 1.54) is 0 Å². The van der Waals surface area contributed by atoms with Crippen LogP contribution in [0.15, 0.2) is 48.5 Å². The maximum absolute atomic E-state index is 12.4. The van der Waals surface area contributed by atoms with E-state index < -0.39 is 10.0 Å². The number of rotatable bonds is 8. The molecule has 0 bridgehead atoms. The van der Waals surface area contributed by atoms with Crippen LogP contribution in [-0.2, 0) is 23.1 Å². The summed E-state index contributed by atoms with van der Waals surface area (Å²) in [6, 6.07) is 14.6. The zero-order chi connectivity index (χ0) is 20.1. The van der Waals surface area contributed by atoms with Crippen molar-refractivity contribution in [2.75, 3.05) is 16.4 Å². The Kier molecular flexibility index (Phi) is 6.43. The van der Waals surface area contributed by atoms with Crippen molar-refractivity contribution in [2.24, 2.45) is 0 Å². The van der Waals surface area contributed by atoms with Gasteiger partial charge in [-0.15, -0.1) is 9.19 Å². The highest BCUT2D eigenvalue weighted by molar-refractivity contribution is 7.89. The summed E-state index contributed by atoms with van der Waals surface area (Å²) in [5.41, 5.74) is 1.82. The summed E-state index contributed by atoms with van der Waals surface area (Å²) < 4.78 is 25.7. The van der Waals surface area contributed by atoms with E-state index in [1.807, 2.05) is 30.3 Å². The largest absolute Gasteiger partial charge is 0.349 e. The molecular formula is C18H19Cl2N5O2S. The molecule has 1 heterocycles. The Morgan fingerprint density at radius 3 is 2.07 bits per heavy atom. The lowest BCUT2D eigenvalue weighted by Gasteiger charge is -2.07. The number of nitrogens with zero attached hydrogens (tertiary/aromatic N) is 3. The Labute approximate surface area is 173 Å². The SMILES string of the molecule is CCS(=O)(=O)n1nc(NCc2cccc(Cl)c2)nc1NCc1cccc(Cl)c1. The first-order chi connectivity index (χ1) is 13.4. The van der Waals surface area contributed by atoms with Gasteiger partial charge >= 0.3 is 0 Å². The van der Waals surface area contributed by atoms with Gasteiger partial charge < -0.3 is 10.6 Å². The lowest BCUT2D eigenvalue weighted by atomic mass is 10.2. The molecule has 0 amide bonds. The van der Waals surface area contributed by atoms with E-state index >= 15 is 0 Å². The lowest BCUT2D eigenvalue weighted by molar-refractivity contribution is 0.582. The van der Waals surface area contributed by atoms with Crippen LogP contribution in [0.25, 0.3) is 0 Å². The van der Waals surface area contributed by atoms with Gasteiger partial charge in [0.15, 0.2) is 0 Å². The average Bonchev–Trinajstić information content (AvgIpc) is 3.09. The zero-order valence-electron chi connectivity index (χ0n) is 15.1. The molecule has 0 aliphatic heterocycles. The molecule has 2 aromatic carbocycles. The molecule has 0 atom stereocenters. The van der Waals surface area contributed by atoms with Crippen LogP contribution < -0.4 is 10.6 Å². The van der Waals surface area contributed by atoms with Crippen LogP contribution in [0.5, 0.6) is 0 Å². The van der Waals surface area contributed by atoms with Crippen LogP contribution in [0.3, 0.4) is 0 Å². The average molecular weight is 440 g/mol. The van der Waals surface area contributed by atoms with Crippen LogP contribution in [0.4, 0.5) is 11.9 Å². The molecule has 2 N–H and O–H groups in total.